The van der Waals surface area contributed by atoms with Gasteiger partial charge < -0.3 is 14.9 Å². The zero-order valence-corrected chi connectivity index (χ0v) is 9.19. The van der Waals surface area contributed by atoms with Crippen molar-refractivity contribution in [3.8, 4) is 0 Å². The van der Waals surface area contributed by atoms with E-state index in [1.54, 1.807) is 0 Å². The normalized spacial score (nSPS) is 31.3. The topological polar surface area (TPSA) is 66.8 Å². The Labute approximate surface area is 90.2 Å². The molecule has 4 nitrogen and oxygen atoms in total. The van der Waals surface area contributed by atoms with Gasteiger partial charge in [-0.05, 0) is 38.0 Å². The van der Waals surface area contributed by atoms with E-state index >= 15 is 0 Å². The van der Waals surface area contributed by atoms with Gasteiger partial charge in [0.1, 0.15) is 0 Å². The van der Waals surface area contributed by atoms with E-state index in [1.807, 2.05) is 0 Å². The van der Waals surface area contributed by atoms with Crippen LogP contribution in [-0.2, 0) is 9.53 Å². The molecule has 1 aliphatic carbocycles. The van der Waals surface area contributed by atoms with Gasteiger partial charge in [-0.15, -0.1) is 0 Å². The van der Waals surface area contributed by atoms with Gasteiger partial charge in [0.25, 0.3) is 0 Å². The van der Waals surface area contributed by atoms with Crippen molar-refractivity contribution in [1.82, 2.24) is 0 Å². The third-order valence-corrected chi connectivity index (χ3v) is 3.21. The Bertz CT molecular complexity index is 205. The molecule has 0 saturated heterocycles. The van der Waals surface area contributed by atoms with Crippen LogP contribution in [0.15, 0.2) is 0 Å². The van der Waals surface area contributed by atoms with Crippen LogP contribution in [0.1, 0.15) is 32.1 Å². The largest absolute Gasteiger partial charge is 0.469 e. The molecule has 0 bridgehead atoms. The van der Waals surface area contributed by atoms with Gasteiger partial charge >= 0.3 is 5.97 Å². The second kappa shape index (κ2) is 6.08. The molecule has 0 aromatic rings. The smallest absolute Gasteiger partial charge is 0.308 e. The first-order chi connectivity index (χ1) is 7.19. The molecule has 1 rings (SSSR count). The quantitative estimate of drug-likeness (QED) is 0.679. The van der Waals surface area contributed by atoms with Crippen molar-refractivity contribution >= 4 is 5.97 Å². The Morgan fingerprint density at radius 1 is 1.47 bits per heavy atom. The van der Waals surface area contributed by atoms with Gasteiger partial charge in [-0.3, -0.25) is 4.79 Å². The third kappa shape index (κ3) is 3.47. The van der Waals surface area contributed by atoms with Crippen molar-refractivity contribution in [3.63, 3.8) is 0 Å². The summed E-state index contributed by atoms with van der Waals surface area (Å²) in [6.07, 6.45) is 3.21. The molecule has 0 aromatic heterocycles. The summed E-state index contributed by atoms with van der Waals surface area (Å²) < 4.78 is 4.71. The number of methoxy groups -OCH3 is 1. The van der Waals surface area contributed by atoms with Crippen molar-refractivity contribution in [3.05, 3.63) is 0 Å². The molecule has 0 spiro atoms. The van der Waals surface area contributed by atoms with Gasteiger partial charge in [0.2, 0.25) is 0 Å². The Balaban J connectivity index is 2.44. The second-order valence-electron chi connectivity index (χ2n) is 4.23. The van der Waals surface area contributed by atoms with Crippen molar-refractivity contribution in [2.24, 2.45) is 11.8 Å². The highest BCUT2D eigenvalue weighted by Gasteiger charge is 2.32. The summed E-state index contributed by atoms with van der Waals surface area (Å²) in [4.78, 5) is 11.3. The number of hydrogen-bond acceptors (Lipinski definition) is 4. The predicted octanol–water partition coefficient (Wildman–Crippen LogP) is 0.709. The van der Waals surface area contributed by atoms with Gasteiger partial charge in [0.05, 0.1) is 19.1 Å². The van der Waals surface area contributed by atoms with Crippen molar-refractivity contribution in [1.29, 1.82) is 0 Å². The van der Waals surface area contributed by atoms with Crippen LogP contribution in [0.25, 0.3) is 0 Å². The van der Waals surface area contributed by atoms with Crippen molar-refractivity contribution < 1.29 is 19.7 Å². The molecule has 2 N–H and O–H groups in total. The summed E-state index contributed by atoms with van der Waals surface area (Å²) in [5.74, 6) is -0.104. The summed E-state index contributed by atoms with van der Waals surface area (Å²) in [7, 11) is 1.40. The van der Waals surface area contributed by atoms with E-state index in [2.05, 4.69) is 0 Å². The molecule has 1 aliphatic rings. The number of ether oxygens (including phenoxy) is 1. The zero-order chi connectivity index (χ0) is 11.3. The van der Waals surface area contributed by atoms with E-state index in [1.165, 1.54) is 7.11 Å². The number of aliphatic hydroxyl groups is 2. The summed E-state index contributed by atoms with van der Waals surface area (Å²) in [5, 5.41) is 18.5. The number of esters is 1. The predicted molar refractivity (Wildman–Crippen MR) is 55.2 cm³/mol. The molecule has 1 fully saturated rings. The van der Waals surface area contributed by atoms with Crippen LogP contribution < -0.4 is 0 Å². The molecule has 88 valence electrons. The lowest BCUT2D eigenvalue weighted by atomic mass is 9.77. The Morgan fingerprint density at radius 2 is 2.20 bits per heavy atom. The van der Waals surface area contributed by atoms with Crippen molar-refractivity contribution in [2.75, 3.05) is 13.7 Å². The van der Waals surface area contributed by atoms with E-state index in [4.69, 9.17) is 9.84 Å². The molecule has 3 atom stereocenters. The van der Waals surface area contributed by atoms with Crippen LogP contribution in [0.2, 0.25) is 0 Å². The van der Waals surface area contributed by atoms with Crippen LogP contribution in [0.4, 0.5) is 0 Å². The lowest BCUT2D eigenvalue weighted by molar-refractivity contribution is -0.148. The maximum absolute atomic E-state index is 11.3. The number of aliphatic hydroxyl groups excluding tert-OH is 2. The van der Waals surface area contributed by atoms with Crippen LogP contribution in [0.5, 0.6) is 0 Å². The average molecular weight is 216 g/mol. The Kier molecular flexibility index (Phi) is 5.05. The first kappa shape index (κ1) is 12.5. The standard InChI is InChI=1S/C11H20O4/c1-15-11(14)9-4-5-10(13)8(7-9)3-2-6-12/h8-10,12-13H,2-7H2,1H3. The zero-order valence-electron chi connectivity index (χ0n) is 9.19. The number of carbonyl (C=O) groups excluding carboxylic acids is 1. The molecular formula is C11H20O4. The van der Waals surface area contributed by atoms with Gasteiger partial charge in [0.15, 0.2) is 0 Å². The van der Waals surface area contributed by atoms with Gasteiger partial charge in [-0.1, -0.05) is 0 Å². The number of hydrogen-bond donors (Lipinski definition) is 2. The molecule has 0 aliphatic heterocycles. The monoisotopic (exact) mass is 216 g/mol. The first-order valence-electron chi connectivity index (χ1n) is 5.55. The highest BCUT2D eigenvalue weighted by Crippen LogP contribution is 2.32. The van der Waals surface area contributed by atoms with Crippen LogP contribution in [0.3, 0.4) is 0 Å². The Hall–Kier alpha value is -0.610. The van der Waals surface area contributed by atoms with E-state index in [9.17, 15) is 9.90 Å². The summed E-state index contributed by atoms with van der Waals surface area (Å²) in [6.45, 7) is 0.145. The molecule has 1 saturated carbocycles. The fourth-order valence-electron chi connectivity index (χ4n) is 2.29. The Morgan fingerprint density at radius 3 is 2.80 bits per heavy atom. The highest BCUT2D eigenvalue weighted by molar-refractivity contribution is 5.72. The molecule has 0 amide bonds. The van der Waals surface area contributed by atoms with E-state index in [0.717, 1.165) is 6.42 Å². The van der Waals surface area contributed by atoms with Gasteiger partial charge in [0, 0.05) is 6.61 Å². The van der Waals surface area contributed by atoms with Gasteiger partial charge in [-0.25, -0.2) is 0 Å². The second-order valence-corrected chi connectivity index (χ2v) is 4.23. The molecule has 0 radical (unpaired) electrons. The molecular weight excluding hydrogens is 196 g/mol. The van der Waals surface area contributed by atoms with E-state index in [-0.39, 0.29) is 30.5 Å². The van der Waals surface area contributed by atoms with E-state index < -0.39 is 0 Å². The average Bonchev–Trinajstić information content (AvgIpc) is 2.27. The maximum atomic E-state index is 11.3. The highest BCUT2D eigenvalue weighted by atomic mass is 16.5. The third-order valence-electron chi connectivity index (χ3n) is 3.21. The van der Waals surface area contributed by atoms with Crippen LogP contribution >= 0.6 is 0 Å². The summed E-state index contributed by atoms with van der Waals surface area (Å²) >= 11 is 0. The molecule has 4 heteroatoms. The lowest BCUT2D eigenvalue weighted by Crippen LogP contribution is -2.33. The molecule has 0 aromatic carbocycles. The van der Waals surface area contributed by atoms with E-state index in [0.29, 0.717) is 25.7 Å². The summed E-state index contributed by atoms with van der Waals surface area (Å²) in [5.41, 5.74) is 0. The lowest BCUT2D eigenvalue weighted by Gasteiger charge is -2.31. The first-order valence-corrected chi connectivity index (χ1v) is 5.55. The minimum absolute atomic E-state index is 0.0675. The minimum Gasteiger partial charge on any atom is -0.469 e. The number of carbonyl (C=O) groups is 1. The molecule has 3 unspecified atom stereocenters. The summed E-state index contributed by atoms with van der Waals surface area (Å²) in [6, 6.07) is 0. The number of rotatable bonds is 4. The van der Waals surface area contributed by atoms with Crippen molar-refractivity contribution in [2.45, 2.75) is 38.2 Å². The molecule has 0 heterocycles. The minimum atomic E-state index is -0.322. The van der Waals surface area contributed by atoms with Gasteiger partial charge in [-0.2, -0.15) is 0 Å². The van der Waals surface area contributed by atoms with Crippen LogP contribution in [0, 0.1) is 11.8 Å². The maximum Gasteiger partial charge on any atom is 0.308 e. The SMILES string of the molecule is COC(=O)C1CCC(O)C(CCCO)C1. The van der Waals surface area contributed by atoms with Crippen LogP contribution in [-0.4, -0.2) is 36.0 Å². The fraction of sp³-hybridized carbons (Fsp3) is 0.909. The fourth-order valence-corrected chi connectivity index (χ4v) is 2.29. The molecule has 15 heavy (non-hydrogen) atoms.